The Morgan fingerprint density at radius 3 is 1.47 bits per heavy atom. The first-order chi connectivity index (χ1) is 28.3. The summed E-state index contributed by atoms with van der Waals surface area (Å²) >= 11 is 0. The van der Waals surface area contributed by atoms with Gasteiger partial charge in [0.05, 0.1) is 28.0 Å². The zero-order valence-corrected chi connectivity index (χ0v) is 31.0. The zero-order valence-electron chi connectivity index (χ0n) is 31.0. The van der Waals surface area contributed by atoms with Crippen molar-refractivity contribution in [1.29, 1.82) is 0 Å². The summed E-state index contributed by atoms with van der Waals surface area (Å²) in [5.74, 6) is 0.686. The van der Waals surface area contributed by atoms with Gasteiger partial charge in [-0.1, -0.05) is 188 Å². The summed E-state index contributed by atoms with van der Waals surface area (Å²) in [5, 5.41) is 3.45. The van der Waals surface area contributed by atoms with E-state index in [9.17, 15) is 0 Å². The van der Waals surface area contributed by atoms with E-state index in [2.05, 4.69) is 176 Å². The van der Waals surface area contributed by atoms with Gasteiger partial charge in [0, 0.05) is 33.0 Å². The zero-order chi connectivity index (χ0) is 37.8. The minimum atomic E-state index is -0.484. The largest absolute Gasteiger partial charge is 0.247 e. The first kappa shape index (κ1) is 32.9. The van der Waals surface area contributed by atoms with Gasteiger partial charge in [0.25, 0.3) is 0 Å². The Morgan fingerprint density at radius 2 is 0.842 bits per heavy atom. The maximum Gasteiger partial charge on any atom is 0.160 e. The quantitative estimate of drug-likeness (QED) is 0.160. The molecule has 8 aromatic carbocycles. The standard InChI is InChI=1S/C54H35N3/c1-5-17-36(18-6-1)50-35-51(37-19-7-2-8-20-37)57-53(56-50)39-31-29-38(30-32-39)52-46-33-45-42-25-13-15-27-47(42)54(40-21-9-3-10-22-40,41-23-11-4-12-24-41)48(45)34-44(46)43-26-14-16-28-49(43)55-52/h1-35H. The van der Waals surface area contributed by atoms with E-state index in [0.717, 1.165) is 55.6 Å². The normalized spacial score (nSPS) is 12.7. The number of aromatic nitrogens is 3. The lowest BCUT2D eigenvalue weighted by atomic mass is 9.67. The Hall–Kier alpha value is -7.49. The van der Waals surface area contributed by atoms with Gasteiger partial charge in [-0.2, -0.15) is 0 Å². The highest BCUT2D eigenvalue weighted by Gasteiger charge is 2.46. The molecule has 0 fully saturated rings. The maximum atomic E-state index is 5.39. The highest BCUT2D eigenvalue weighted by Crippen LogP contribution is 2.57. The molecule has 1 aliphatic rings. The van der Waals surface area contributed by atoms with E-state index in [1.807, 2.05) is 36.4 Å². The van der Waals surface area contributed by atoms with Gasteiger partial charge < -0.3 is 0 Å². The number of nitrogens with zero attached hydrogens (tertiary/aromatic N) is 3. The summed E-state index contributed by atoms with van der Waals surface area (Å²) in [6.07, 6.45) is 0. The topological polar surface area (TPSA) is 38.7 Å². The number of para-hydroxylation sites is 1. The molecule has 0 saturated heterocycles. The molecule has 2 aromatic heterocycles. The minimum absolute atomic E-state index is 0.484. The maximum absolute atomic E-state index is 5.39. The molecule has 0 amide bonds. The molecule has 0 N–H and O–H groups in total. The lowest BCUT2D eigenvalue weighted by molar-refractivity contribution is 0.769. The van der Waals surface area contributed by atoms with E-state index >= 15 is 0 Å². The second kappa shape index (κ2) is 13.4. The third-order valence-electron chi connectivity index (χ3n) is 11.6. The first-order valence-corrected chi connectivity index (χ1v) is 19.4. The average Bonchev–Trinajstić information content (AvgIpc) is 3.59. The molecule has 0 spiro atoms. The van der Waals surface area contributed by atoms with Crippen molar-refractivity contribution in [2.24, 2.45) is 0 Å². The molecule has 0 aliphatic heterocycles. The monoisotopic (exact) mass is 725 g/mol. The van der Waals surface area contributed by atoms with Gasteiger partial charge in [-0.25, -0.2) is 15.0 Å². The third-order valence-corrected chi connectivity index (χ3v) is 11.6. The van der Waals surface area contributed by atoms with Gasteiger partial charge in [-0.05, 0) is 63.0 Å². The fourth-order valence-electron chi connectivity index (χ4n) is 8.97. The molecule has 266 valence electrons. The Kier molecular flexibility index (Phi) is 7.71. The molecule has 3 nitrogen and oxygen atoms in total. The summed E-state index contributed by atoms with van der Waals surface area (Å²) < 4.78 is 0. The fourth-order valence-corrected chi connectivity index (χ4v) is 8.97. The first-order valence-electron chi connectivity index (χ1n) is 19.4. The second-order valence-electron chi connectivity index (χ2n) is 14.7. The van der Waals surface area contributed by atoms with Gasteiger partial charge in [-0.15, -0.1) is 0 Å². The van der Waals surface area contributed by atoms with Crippen LogP contribution in [0.1, 0.15) is 22.3 Å². The van der Waals surface area contributed by atoms with E-state index in [4.69, 9.17) is 15.0 Å². The molecule has 0 radical (unpaired) electrons. The van der Waals surface area contributed by atoms with Gasteiger partial charge in [0.15, 0.2) is 5.82 Å². The van der Waals surface area contributed by atoms with Crippen molar-refractivity contribution < 1.29 is 0 Å². The van der Waals surface area contributed by atoms with Gasteiger partial charge in [-0.3, -0.25) is 0 Å². The van der Waals surface area contributed by atoms with Crippen LogP contribution in [0, 0.1) is 0 Å². The van der Waals surface area contributed by atoms with Crippen LogP contribution in [-0.2, 0) is 5.41 Å². The molecule has 1 aliphatic carbocycles. The van der Waals surface area contributed by atoms with E-state index in [1.54, 1.807) is 0 Å². The second-order valence-corrected chi connectivity index (χ2v) is 14.7. The number of hydrogen-bond donors (Lipinski definition) is 0. The van der Waals surface area contributed by atoms with Gasteiger partial charge in [0.2, 0.25) is 0 Å². The predicted molar refractivity (Wildman–Crippen MR) is 234 cm³/mol. The summed E-state index contributed by atoms with van der Waals surface area (Å²) in [6, 6.07) is 75.6. The Morgan fingerprint density at radius 1 is 0.316 bits per heavy atom. The number of hydrogen-bond acceptors (Lipinski definition) is 3. The molecule has 0 bridgehead atoms. The number of benzene rings is 8. The molecule has 10 aromatic rings. The van der Waals surface area contributed by atoms with Crippen molar-refractivity contribution in [2.75, 3.05) is 0 Å². The van der Waals surface area contributed by atoms with Crippen molar-refractivity contribution >= 4 is 21.7 Å². The molecular formula is C54H35N3. The van der Waals surface area contributed by atoms with Crippen LogP contribution in [0.25, 0.3) is 78.0 Å². The predicted octanol–water partition coefficient (Wildman–Crippen LogP) is 13.2. The number of pyridine rings is 1. The smallest absolute Gasteiger partial charge is 0.160 e. The Labute approximate surface area is 331 Å². The molecule has 0 unspecified atom stereocenters. The lowest BCUT2D eigenvalue weighted by Gasteiger charge is -2.34. The SMILES string of the molecule is c1ccc(-c2cc(-c3ccccc3)nc(-c3ccc(-c4nc5ccccc5c5cc6c(cc45)-c4ccccc4C6(c4ccccc4)c4ccccc4)cc3)n2)cc1. The van der Waals surface area contributed by atoms with Crippen LogP contribution in [0.5, 0.6) is 0 Å². The van der Waals surface area contributed by atoms with E-state index in [0.29, 0.717) is 5.82 Å². The molecule has 0 saturated carbocycles. The minimum Gasteiger partial charge on any atom is -0.247 e. The van der Waals surface area contributed by atoms with Crippen molar-refractivity contribution in [1.82, 2.24) is 15.0 Å². The molecular weight excluding hydrogens is 691 g/mol. The van der Waals surface area contributed by atoms with Crippen molar-refractivity contribution in [2.45, 2.75) is 5.41 Å². The van der Waals surface area contributed by atoms with E-state index in [1.165, 1.54) is 38.8 Å². The summed E-state index contributed by atoms with van der Waals surface area (Å²) in [7, 11) is 0. The molecule has 0 atom stereocenters. The van der Waals surface area contributed by atoms with Crippen LogP contribution in [0.15, 0.2) is 212 Å². The van der Waals surface area contributed by atoms with Gasteiger partial charge in [0.1, 0.15) is 0 Å². The van der Waals surface area contributed by atoms with Crippen LogP contribution in [-0.4, -0.2) is 15.0 Å². The lowest BCUT2D eigenvalue weighted by Crippen LogP contribution is -2.28. The molecule has 11 rings (SSSR count). The van der Waals surface area contributed by atoms with Crippen LogP contribution in [0.2, 0.25) is 0 Å². The van der Waals surface area contributed by atoms with Crippen molar-refractivity contribution in [3.63, 3.8) is 0 Å². The summed E-state index contributed by atoms with van der Waals surface area (Å²) in [6.45, 7) is 0. The van der Waals surface area contributed by atoms with E-state index < -0.39 is 5.41 Å². The molecule has 2 heterocycles. The van der Waals surface area contributed by atoms with E-state index in [-0.39, 0.29) is 0 Å². The number of fused-ring (bicyclic) bond motifs is 6. The summed E-state index contributed by atoms with van der Waals surface area (Å²) in [4.78, 5) is 15.6. The van der Waals surface area contributed by atoms with Gasteiger partial charge >= 0.3 is 0 Å². The Balaban J connectivity index is 1.12. The van der Waals surface area contributed by atoms with Crippen LogP contribution in [0.3, 0.4) is 0 Å². The van der Waals surface area contributed by atoms with Crippen molar-refractivity contribution in [3.8, 4) is 56.3 Å². The molecule has 57 heavy (non-hydrogen) atoms. The highest BCUT2D eigenvalue weighted by molar-refractivity contribution is 6.13. The highest BCUT2D eigenvalue weighted by atomic mass is 14.9. The third kappa shape index (κ3) is 5.32. The van der Waals surface area contributed by atoms with Crippen molar-refractivity contribution in [3.05, 3.63) is 235 Å². The van der Waals surface area contributed by atoms with Crippen LogP contribution in [0.4, 0.5) is 0 Å². The Bertz CT molecular complexity index is 2990. The molecule has 3 heteroatoms. The van der Waals surface area contributed by atoms with Crippen LogP contribution < -0.4 is 0 Å². The fraction of sp³-hybridized carbons (Fsp3) is 0.0185. The van der Waals surface area contributed by atoms with Crippen LogP contribution >= 0.6 is 0 Å². The number of rotatable bonds is 6. The summed E-state index contributed by atoms with van der Waals surface area (Å²) in [5.41, 5.74) is 14.9. The average molecular weight is 726 g/mol.